The van der Waals surface area contributed by atoms with Gasteiger partial charge in [0.1, 0.15) is 18.9 Å². The number of methoxy groups -OCH3 is 1. The topological polar surface area (TPSA) is 18.0 Å². The summed E-state index contributed by atoms with van der Waals surface area (Å²) in [5.41, 5.74) is 0. The Morgan fingerprint density at radius 2 is 2.36 bits per heavy atom. The van der Waals surface area contributed by atoms with Gasteiger partial charge in [-0.05, 0) is 0 Å². The molecule has 62 valence electrons. The van der Waals surface area contributed by atoms with Crippen molar-refractivity contribution in [2.24, 2.45) is 7.05 Å². The van der Waals surface area contributed by atoms with Crippen molar-refractivity contribution in [1.29, 1.82) is 0 Å². The molecule has 0 saturated carbocycles. The Balaban J connectivity index is 2.63. The van der Waals surface area contributed by atoms with Crippen molar-refractivity contribution >= 4 is 0 Å². The normalized spacial score (nSPS) is 10.5. The van der Waals surface area contributed by atoms with Crippen LogP contribution in [0.15, 0.2) is 12.4 Å². The van der Waals surface area contributed by atoms with Gasteiger partial charge < -0.3 is 4.74 Å². The lowest BCUT2D eigenvalue weighted by Gasteiger charge is -1.96. The molecule has 1 heterocycles. The average molecular weight is 155 g/mol. The van der Waals surface area contributed by atoms with Crippen molar-refractivity contribution < 1.29 is 9.30 Å². The zero-order valence-corrected chi connectivity index (χ0v) is 7.37. The third-order valence-electron chi connectivity index (χ3n) is 1.93. The molecule has 0 fully saturated rings. The molecule has 0 amide bonds. The van der Waals surface area contributed by atoms with Crippen LogP contribution >= 0.6 is 0 Å². The molecule has 0 bridgehead atoms. The van der Waals surface area contributed by atoms with Gasteiger partial charge in [0.25, 0.3) is 5.82 Å². The molecule has 11 heavy (non-hydrogen) atoms. The second kappa shape index (κ2) is 3.53. The van der Waals surface area contributed by atoms with Crippen LogP contribution in [0, 0.1) is 6.92 Å². The Bertz CT molecular complexity index is 230. The van der Waals surface area contributed by atoms with Crippen LogP contribution in [0.3, 0.4) is 0 Å². The van der Waals surface area contributed by atoms with Crippen LogP contribution in [0.5, 0.6) is 0 Å². The zero-order valence-electron chi connectivity index (χ0n) is 7.37. The number of aromatic nitrogens is 2. The van der Waals surface area contributed by atoms with E-state index in [2.05, 4.69) is 22.3 Å². The smallest absolute Gasteiger partial charge is 0.253 e. The van der Waals surface area contributed by atoms with E-state index in [9.17, 15) is 0 Å². The van der Waals surface area contributed by atoms with Gasteiger partial charge in [0.05, 0.1) is 13.7 Å². The average Bonchev–Trinajstić information content (AvgIpc) is 2.31. The first-order valence-corrected chi connectivity index (χ1v) is 3.76. The Hall–Kier alpha value is -0.830. The zero-order chi connectivity index (χ0) is 8.27. The number of hydrogen-bond donors (Lipinski definition) is 0. The van der Waals surface area contributed by atoms with Crippen molar-refractivity contribution in [3.05, 3.63) is 18.2 Å². The molecule has 0 aromatic carbocycles. The number of imidazole rings is 1. The number of rotatable bonds is 3. The number of hydrogen-bond acceptors (Lipinski definition) is 1. The molecule has 0 N–H and O–H groups in total. The fourth-order valence-corrected chi connectivity index (χ4v) is 1.02. The minimum Gasteiger partial charge on any atom is -0.381 e. The highest BCUT2D eigenvalue weighted by Gasteiger charge is 2.06. The SMILES string of the molecule is COCCn1cc[n+](C)c1C. The summed E-state index contributed by atoms with van der Waals surface area (Å²) in [6.07, 6.45) is 4.11. The van der Waals surface area contributed by atoms with Gasteiger partial charge >= 0.3 is 0 Å². The van der Waals surface area contributed by atoms with Gasteiger partial charge in [-0.15, -0.1) is 0 Å². The molecule has 1 rings (SSSR count). The van der Waals surface area contributed by atoms with E-state index in [1.54, 1.807) is 7.11 Å². The molecule has 0 radical (unpaired) electrons. The van der Waals surface area contributed by atoms with Crippen molar-refractivity contribution in [3.8, 4) is 0 Å². The minimum absolute atomic E-state index is 0.773. The standard InChI is InChI=1S/C8H15N2O/c1-8-9(2)4-5-10(8)6-7-11-3/h4-5H,6-7H2,1-3H3/q+1. The van der Waals surface area contributed by atoms with Crippen molar-refractivity contribution in [1.82, 2.24) is 4.57 Å². The lowest BCUT2D eigenvalue weighted by molar-refractivity contribution is -0.677. The quantitative estimate of drug-likeness (QED) is 0.573. The van der Waals surface area contributed by atoms with Crippen LogP contribution in [-0.4, -0.2) is 18.3 Å². The van der Waals surface area contributed by atoms with E-state index in [0.717, 1.165) is 13.2 Å². The molecule has 0 aliphatic heterocycles. The van der Waals surface area contributed by atoms with Crippen LogP contribution in [0.2, 0.25) is 0 Å². The summed E-state index contributed by atoms with van der Waals surface area (Å²) in [5, 5.41) is 0. The van der Waals surface area contributed by atoms with Gasteiger partial charge in [-0.3, -0.25) is 0 Å². The molecule has 0 saturated heterocycles. The van der Waals surface area contributed by atoms with Gasteiger partial charge in [-0.2, -0.15) is 0 Å². The highest BCUT2D eigenvalue weighted by Crippen LogP contribution is 1.91. The third-order valence-corrected chi connectivity index (χ3v) is 1.93. The molecule has 0 aliphatic carbocycles. The molecular formula is C8H15N2O+. The first-order chi connectivity index (χ1) is 5.25. The summed E-state index contributed by atoms with van der Waals surface area (Å²) >= 11 is 0. The summed E-state index contributed by atoms with van der Waals surface area (Å²) in [6, 6.07) is 0. The minimum atomic E-state index is 0.773. The fraction of sp³-hybridized carbons (Fsp3) is 0.625. The van der Waals surface area contributed by atoms with Gasteiger partial charge in [0.2, 0.25) is 0 Å². The van der Waals surface area contributed by atoms with Gasteiger partial charge in [-0.25, -0.2) is 9.13 Å². The van der Waals surface area contributed by atoms with Crippen LogP contribution < -0.4 is 4.57 Å². The van der Waals surface area contributed by atoms with Crippen molar-refractivity contribution in [2.45, 2.75) is 13.5 Å². The highest BCUT2D eigenvalue weighted by atomic mass is 16.5. The van der Waals surface area contributed by atoms with E-state index in [0.29, 0.717) is 0 Å². The molecular weight excluding hydrogens is 140 g/mol. The summed E-state index contributed by atoms with van der Waals surface area (Å²) in [4.78, 5) is 0. The van der Waals surface area contributed by atoms with Crippen LogP contribution in [0.4, 0.5) is 0 Å². The molecule has 3 nitrogen and oxygen atoms in total. The first kappa shape index (κ1) is 8.27. The van der Waals surface area contributed by atoms with Crippen LogP contribution in [0.25, 0.3) is 0 Å². The van der Waals surface area contributed by atoms with Crippen molar-refractivity contribution in [2.75, 3.05) is 13.7 Å². The monoisotopic (exact) mass is 155 g/mol. The maximum absolute atomic E-state index is 4.98. The predicted molar refractivity (Wildman–Crippen MR) is 42.2 cm³/mol. The molecule has 0 spiro atoms. The van der Waals surface area contributed by atoms with E-state index in [1.807, 2.05) is 13.2 Å². The third kappa shape index (κ3) is 1.80. The maximum Gasteiger partial charge on any atom is 0.253 e. The second-order valence-electron chi connectivity index (χ2n) is 2.64. The van der Waals surface area contributed by atoms with Gasteiger partial charge in [0, 0.05) is 14.0 Å². The molecule has 1 aromatic rings. The van der Waals surface area contributed by atoms with Crippen molar-refractivity contribution in [3.63, 3.8) is 0 Å². The van der Waals surface area contributed by atoms with Gasteiger partial charge in [0.15, 0.2) is 0 Å². The molecule has 0 atom stereocenters. The Morgan fingerprint density at radius 1 is 1.64 bits per heavy atom. The van der Waals surface area contributed by atoms with E-state index in [4.69, 9.17) is 4.74 Å². The van der Waals surface area contributed by atoms with Crippen LogP contribution in [-0.2, 0) is 18.3 Å². The highest BCUT2D eigenvalue weighted by molar-refractivity contribution is 4.78. The number of ether oxygens (including phenoxy) is 1. The van der Waals surface area contributed by atoms with E-state index in [-0.39, 0.29) is 0 Å². The first-order valence-electron chi connectivity index (χ1n) is 3.76. The molecule has 3 heteroatoms. The van der Waals surface area contributed by atoms with Gasteiger partial charge in [-0.1, -0.05) is 0 Å². The van der Waals surface area contributed by atoms with E-state index >= 15 is 0 Å². The largest absolute Gasteiger partial charge is 0.381 e. The van der Waals surface area contributed by atoms with E-state index in [1.165, 1.54) is 5.82 Å². The Kier molecular flexibility index (Phi) is 2.65. The molecule has 0 unspecified atom stereocenters. The maximum atomic E-state index is 4.98. The number of nitrogens with zero attached hydrogens (tertiary/aromatic N) is 2. The molecule has 1 aromatic heterocycles. The lowest BCUT2D eigenvalue weighted by Crippen LogP contribution is -2.29. The lowest BCUT2D eigenvalue weighted by atomic mass is 10.6. The van der Waals surface area contributed by atoms with Crippen LogP contribution in [0.1, 0.15) is 5.82 Å². The Labute approximate surface area is 67.2 Å². The number of aryl methyl sites for hydroxylation is 1. The fourth-order valence-electron chi connectivity index (χ4n) is 1.02. The summed E-state index contributed by atoms with van der Waals surface area (Å²) in [5.74, 6) is 1.25. The Morgan fingerprint density at radius 3 is 2.82 bits per heavy atom. The summed E-state index contributed by atoms with van der Waals surface area (Å²) < 4.78 is 9.24. The van der Waals surface area contributed by atoms with E-state index < -0.39 is 0 Å². The summed E-state index contributed by atoms with van der Waals surface area (Å²) in [6.45, 7) is 3.80. The molecule has 0 aliphatic rings. The predicted octanol–water partition coefficient (Wildman–Crippen LogP) is 0.267. The second-order valence-corrected chi connectivity index (χ2v) is 2.64. The summed E-state index contributed by atoms with van der Waals surface area (Å²) in [7, 11) is 3.76.